The molecule has 1 fully saturated rings. The van der Waals surface area contributed by atoms with Gasteiger partial charge in [0.25, 0.3) is 0 Å². The highest BCUT2D eigenvalue weighted by Crippen LogP contribution is 2.25. The van der Waals surface area contributed by atoms with E-state index in [4.69, 9.17) is 0 Å². The Kier molecular flexibility index (Phi) is 5.57. The van der Waals surface area contributed by atoms with Gasteiger partial charge in [0, 0.05) is 30.7 Å². The Morgan fingerprint density at radius 2 is 2.05 bits per heavy atom. The Bertz CT molecular complexity index is 459. The van der Waals surface area contributed by atoms with Crippen molar-refractivity contribution in [3.63, 3.8) is 0 Å². The maximum Gasteiger partial charge on any atom is 0.325 e. The second-order valence-electron chi connectivity index (χ2n) is 5.17. The standard InChI is InChI=1S/C15H21BrN2O2/c1-2-6-17-7-9-18(10-8-17)14(15(19)20)12-4-3-5-13(16)11-12/h3-5,11,14H,2,6-10H2,1H3,(H,19,20). The number of rotatable bonds is 5. The molecule has 2 rings (SSSR count). The monoisotopic (exact) mass is 340 g/mol. The molecule has 0 aromatic heterocycles. The first kappa shape index (κ1) is 15.5. The molecule has 1 heterocycles. The van der Waals surface area contributed by atoms with Crippen LogP contribution in [0.1, 0.15) is 24.9 Å². The van der Waals surface area contributed by atoms with Gasteiger partial charge in [-0.15, -0.1) is 0 Å². The van der Waals surface area contributed by atoms with Crippen molar-refractivity contribution < 1.29 is 9.90 Å². The van der Waals surface area contributed by atoms with E-state index in [1.165, 1.54) is 0 Å². The molecule has 0 aliphatic carbocycles. The van der Waals surface area contributed by atoms with Gasteiger partial charge in [-0.05, 0) is 30.7 Å². The topological polar surface area (TPSA) is 43.8 Å². The van der Waals surface area contributed by atoms with Crippen molar-refractivity contribution in [2.75, 3.05) is 32.7 Å². The summed E-state index contributed by atoms with van der Waals surface area (Å²) in [7, 11) is 0. The lowest BCUT2D eigenvalue weighted by atomic mass is 10.0. The molecule has 20 heavy (non-hydrogen) atoms. The van der Waals surface area contributed by atoms with E-state index in [9.17, 15) is 9.90 Å². The van der Waals surface area contributed by atoms with E-state index < -0.39 is 12.0 Å². The van der Waals surface area contributed by atoms with Crippen molar-refractivity contribution in [1.82, 2.24) is 9.80 Å². The van der Waals surface area contributed by atoms with Gasteiger partial charge >= 0.3 is 5.97 Å². The third kappa shape index (κ3) is 3.81. The number of carboxylic acids is 1. The van der Waals surface area contributed by atoms with E-state index >= 15 is 0 Å². The molecule has 1 atom stereocenters. The second kappa shape index (κ2) is 7.20. The minimum atomic E-state index is -0.771. The Morgan fingerprint density at radius 3 is 2.60 bits per heavy atom. The predicted molar refractivity (Wildman–Crippen MR) is 82.8 cm³/mol. The molecule has 0 spiro atoms. The Balaban J connectivity index is 2.09. The van der Waals surface area contributed by atoms with Crippen LogP contribution in [0.15, 0.2) is 28.7 Å². The van der Waals surface area contributed by atoms with Gasteiger partial charge in [0.1, 0.15) is 6.04 Å². The van der Waals surface area contributed by atoms with E-state index in [-0.39, 0.29) is 0 Å². The zero-order valence-electron chi connectivity index (χ0n) is 11.8. The molecule has 0 saturated carbocycles. The molecule has 1 aliphatic heterocycles. The van der Waals surface area contributed by atoms with Gasteiger partial charge in [-0.1, -0.05) is 35.0 Å². The molecule has 0 radical (unpaired) electrons. The zero-order valence-corrected chi connectivity index (χ0v) is 13.3. The van der Waals surface area contributed by atoms with Gasteiger partial charge < -0.3 is 10.0 Å². The largest absolute Gasteiger partial charge is 0.480 e. The van der Waals surface area contributed by atoms with Crippen LogP contribution in [-0.2, 0) is 4.79 Å². The van der Waals surface area contributed by atoms with Crippen LogP contribution in [0.4, 0.5) is 0 Å². The van der Waals surface area contributed by atoms with Gasteiger partial charge in [-0.25, -0.2) is 0 Å². The molecule has 4 nitrogen and oxygen atoms in total. The number of benzene rings is 1. The fraction of sp³-hybridized carbons (Fsp3) is 0.533. The number of aliphatic carboxylic acids is 1. The molecule has 110 valence electrons. The van der Waals surface area contributed by atoms with Crippen LogP contribution in [0.5, 0.6) is 0 Å². The smallest absolute Gasteiger partial charge is 0.325 e. The van der Waals surface area contributed by atoms with Gasteiger partial charge in [-0.3, -0.25) is 9.69 Å². The van der Waals surface area contributed by atoms with Crippen LogP contribution in [-0.4, -0.2) is 53.6 Å². The summed E-state index contributed by atoms with van der Waals surface area (Å²) < 4.78 is 0.922. The second-order valence-corrected chi connectivity index (χ2v) is 6.09. The Morgan fingerprint density at radius 1 is 1.35 bits per heavy atom. The lowest BCUT2D eigenvalue weighted by Crippen LogP contribution is -2.49. The summed E-state index contributed by atoms with van der Waals surface area (Å²) in [6.45, 7) is 6.79. The number of carbonyl (C=O) groups is 1. The minimum Gasteiger partial charge on any atom is -0.480 e. The van der Waals surface area contributed by atoms with Crippen molar-refractivity contribution >= 4 is 21.9 Å². The predicted octanol–water partition coefficient (Wildman–Crippen LogP) is 2.60. The van der Waals surface area contributed by atoms with Crippen molar-refractivity contribution in [2.45, 2.75) is 19.4 Å². The van der Waals surface area contributed by atoms with Crippen molar-refractivity contribution in [2.24, 2.45) is 0 Å². The molecule has 1 aliphatic rings. The fourth-order valence-electron chi connectivity index (χ4n) is 2.75. The molecule has 1 saturated heterocycles. The highest BCUT2D eigenvalue weighted by molar-refractivity contribution is 9.10. The van der Waals surface area contributed by atoms with Crippen LogP contribution in [0, 0.1) is 0 Å². The number of hydrogen-bond acceptors (Lipinski definition) is 3. The van der Waals surface area contributed by atoms with Crippen LogP contribution in [0.25, 0.3) is 0 Å². The summed E-state index contributed by atoms with van der Waals surface area (Å²) in [6.07, 6.45) is 1.15. The third-order valence-corrected chi connectivity index (χ3v) is 4.20. The quantitative estimate of drug-likeness (QED) is 0.894. The minimum absolute atomic E-state index is 0.545. The molecular formula is C15H21BrN2O2. The Labute approximate surface area is 128 Å². The molecular weight excluding hydrogens is 320 g/mol. The van der Waals surface area contributed by atoms with Crippen molar-refractivity contribution in [1.29, 1.82) is 0 Å². The SMILES string of the molecule is CCCN1CCN(C(C(=O)O)c2cccc(Br)c2)CC1. The average molecular weight is 341 g/mol. The zero-order chi connectivity index (χ0) is 14.5. The first-order valence-corrected chi connectivity index (χ1v) is 7.85. The molecule has 1 aromatic carbocycles. The molecule has 0 bridgehead atoms. The van der Waals surface area contributed by atoms with Crippen LogP contribution in [0.3, 0.4) is 0 Å². The third-order valence-electron chi connectivity index (χ3n) is 3.71. The van der Waals surface area contributed by atoms with Gasteiger partial charge in [0.05, 0.1) is 0 Å². The molecule has 0 amide bonds. The maximum absolute atomic E-state index is 11.6. The summed E-state index contributed by atoms with van der Waals surface area (Å²) in [5.41, 5.74) is 0.843. The molecule has 1 aromatic rings. The highest BCUT2D eigenvalue weighted by Gasteiger charge is 2.30. The molecule has 1 unspecified atom stereocenters. The van der Waals surface area contributed by atoms with Gasteiger partial charge in [-0.2, -0.15) is 0 Å². The van der Waals surface area contributed by atoms with Crippen molar-refractivity contribution in [3.8, 4) is 0 Å². The number of nitrogens with zero attached hydrogens (tertiary/aromatic N) is 2. The average Bonchev–Trinajstić information content (AvgIpc) is 2.41. The summed E-state index contributed by atoms with van der Waals surface area (Å²) in [6, 6.07) is 7.06. The van der Waals surface area contributed by atoms with Crippen LogP contribution >= 0.6 is 15.9 Å². The first-order chi connectivity index (χ1) is 9.61. The number of halogens is 1. The molecule has 1 N–H and O–H groups in total. The summed E-state index contributed by atoms with van der Waals surface area (Å²) in [5.74, 6) is -0.771. The molecule has 5 heteroatoms. The van der Waals surface area contributed by atoms with E-state index in [0.717, 1.165) is 49.2 Å². The van der Waals surface area contributed by atoms with E-state index in [1.54, 1.807) is 0 Å². The lowest BCUT2D eigenvalue weighted by molar-refractivity contribution is -0.144. The Hall–Kier alpha value is -0.910. The summed E-state index contributed by atoms with van der Waals surface area (Å²) in [5, 5.41) is 9.57. The van der Waals surface area contributed by atoms with E-state index in [1.807, 2.05) is 24.3 Å². The van der Waals surface area contributed by atoms with E-state index in [0.29, 0.717) is 0 Å². The number of piperazine rings is 1. The van der Waals surface area contributed by atoms with E-state index in [2.05, 4.69) is 32.7 Å². The normalized spacial score (nSPS) is 18.9. The van der Waals surface area contributed by atoms with Crippen LogP contribution < -0.4 is 0 Å². The fourth-order valence-corrected chi connectivity index (χ4v) is 3.16. The number of carboxylic acid groups (broad SMARTS) is 1. The summed E-state index contributed by atoms with van der Waals surface area (Å²) >= 11 is 3.41. The van der Waals surface area contributed by atoms with Gasteiger partial charge in [0.15, 0.2) is 0 Å². The maximum atomic E-state index is 11.6. The number of hydrogen-bond donors (Lipinski definition) is 1. The van der Waals surface area contributed by atoms with Gasteiger partial charge in [0.2, 0.25) is 0 Å². The summed E-state index contributed by atoms with van der Waals surface area (Å²) in [4.78, 5) is 16.1. The highest BCUT2D eigenvalue weighted by atomic mass is 79.9. The van der Waals surface area contributed by atoms with Crippen molar-refractivity contribution in [3.05, 3.63) is 34.3 Å². The first-order valence-electron chi connectivity index (χ1n) is 7.06. The van der Waals surface area contributed by atoms with Crippen LogP contribution in [0.2, 0.25) is 0 Å². The lowest BCUT2D eigenvalue weighted by Gasteiger charge is -2.37.